The average Bonchev–Trinajstić information content (AvgIpc) is 2.50. The molecule has 0 aliphatic rings. The van der Waals surface area contributed by atoms with E-state index < -0.39 is 5.97 Å². The highest BCUT2D eigenvalue weighted by molar-refractivity contribution is 5.87. The van der Waals surface area contributed by atoms with Crippen LogP contribution >= 0.6 is 0 Å². The summed E-state index contributed by atoms with van der Waals surface area (Å²) in [5.74, 6) is -0.988. The Morgan fingerprint density at radius 2 is 1.82 bits per heavy atom. The summed E-state index contributed by atoms with van der Waals surface area (Å²) in [6, 6.07) is 7.85. The van der Waals surface area contributed by atoms with Crippen molar-refractivity contribution >= 4 is 5.97 Å². The van der Waals surface area contributed by atoms with Crippen LogP contribution in [0.5, 0.6) is 0 Å². The largest absolute Gasteiger partial charge is 0.478 e. The fourth-order valence-electron chi connectivity index (χ4n) is 2.28. The summed E-state index contributed by atoms with van der Waals surface area (Å²) in [6.07, 6.45) is 1.46. The molecule has 0 spiro atoms. The second-order valence-electron chi connectivity index (χ2n) is 5.15. The van der Waals surface area contributed by atoms with Gasteiger partial charge in [-0.05, 0) is 24.1 Å². The van der Waals surface area contributed by atoms with Crippen molar-refractivity contribution in [2.75, 3.05) is 0 Å². The molecule has 0 radical (unpaired) electrons. The Hall–Kier alpha value is -2.63. The molecule has 2 rings (SSSR count). The van der Waals surface area contributed by atoms with Gasteiger partial charge in [0.2, 0.25) is 0 Å². The van der Waals surface area contributed by atoms with Crippen LogP contribution in [0.15, 0.2) is 39.9 Å². The third kappa shape index (κ3) is 3.16. The minimum atomic E-state index is -0.988. The van der Waals surface area contributed by atoms with Gasteiger partial charge in [-0.1, -0.05) is 25.5 Å². The van der Waals surface area contributed by atoms with Gasteiger partial charge >= 0.3 is 11.7 Å². The summed E-state index contributed by atoms with van der Waals surface area (Å²) in [4.78, 5) is 34.9. The Labute approximate surface area is 127 Å². The van der Waals surface area contributed by atoms with Crippen molar-refractivity contribution in [1.82, 2.24) is 9.13 Å². The van der Waals surface area contributed by atoms with Crippen LogP contribution in [0.1, 0.15) is 35.0 Å². The van der Waals surface area contributed by atoms with Gasteiger partial charge in [-0.25, -0.2) is 9.59 Å². The first-order valence-electron chi connectivity index (χ1n) is 7.06. The van der Waals surface area contributed by atoms with E-state index in [0.717, 1.165) is 16.6 Å². The smallest absolute Gasteiger partial charge is 0.335 e. The highest BCUT2D eigenvalue weighted by Gasteiger charge is 2.10. The van der Waals surface area contributed by atoms with E-state index in [1.54, 1.807) is 16.7 Å². The van der Waals surface area contributed by atoms with Crippen molar-refractivity contribution in [1.29, 1.82) is 0 Å². The van der Waals surface area contributed by atoms with Gasteiger partial charge in [-0.15, -0.1) is 0 Å². The zero-order valence-electron chi connectivity index (χ0n) is 12.6. The molecule has 1 N–H and O–H groups in total. The number of benzene rings is 1. The standard InChI is InChI=1S/C16H18N2O4/c1-3-4-13-9-14(19)17(2)16(22)18(13)10-11-5-7-12(8-6-11)15(20)21/h5-9H,3-4,10H2,1-2H3,(H,20,21). The van der Waals surface area contributed by atoms with E-state index >= 15 is 0 Å². The molecule has 0 unspecified atom stereocenters. The van der Waals surface area contributed by atoms with E-state index in [1.807, 2.05) is 6.92 Å². The van der Waals surface area contributed by atoms with Gasteiger partial charge in [0.1, 0.15) is 0 Å². The first-order valence-corrected chi connectivity index (χ1v) is 7.06. The van der Waals surface area contributed by atoms with Gasteiger partial charge in [0.25, 0.3) is 5.56 Å². The molecule has 116 valence electrons. The Morgan fingerprint density at radius 3 is 2.36 bits per heavy atom. The van der Waals surface area contributed by atoms with Crippen molar-refractivity contribution in [3.05, 3.63) is 68.0 Å². The lowest BCUT2D eigenvalue weighted by molar-refractivity contribution is 0.0697. The number of carbonyl (C=O) groups is 1. The van der Waals surface area contributed by atoms with E-state index in [4.69, 9.17) is 5.11 Å². The number of carboxylic acid groups (broad SMARTS) is 1. The molecular formula is C16H18N2O4. The fourth-order valence-corrected chi connectivity index (χ4v) is 2.28. The molecule has 22 heavy (non-hydrogen) atoms. The molecule has 0 fully saturated rings. The molecule has 0 aliphatic carbocycles. The van der Waals surface area contributed by atoms with Gasteiger partial charge in [-0.2, -0.15) is 0 Å². The Bertz CT molecular complexity index is 800. The Balaban J connectivity index is 2.44. The molecule has 1 aromatic carbocycles. The minimum Gasteiger partial charge on any atom is -0.478 e. The summed E-state index contributed by atoms with van der Waals surface area (Å²) < 4.78 is 2.63. The molecule has 6 nitrogen and oxygen atoms in total. The van der Waals surface area contributed by atoms with E-state index in [2.05, 4.69) is 0 Å². The van der Waals surface area contributed by atoms with Crippen LogP contribution < -0.4 is 11.2 Å². The molecule has 0 amide bonds. The first-order chi connectivity index (χ1) is 10.4. The molecule has 2 aromatic rings. The maximum atomic E-state index is 12.3. The lowest BCUT2D eigenvalue weighted by atomic mass is 10.1. The van der Waals surface area contributed by atoms with Crippen molar-refractivity contribution in [3.8, 4) is 0 Å². The van der Waals surface area contributed by atoms with Crippen LogP contribution in [-0.4, -0.2) is 20.2 Å². The van der Waals surface area contributed by atoms with Crippen molar-refractivity contribution < 1.29 is 9.90 Å². The second kappa shape index (κ2) is 6.43. The minimum absolute atomic E-state index is 0.199. The average molecular weight is 302 g/mol. The van der Waals surface area contributed by atoms with E-state index in [0.29, 0.717) is 18.7 Å². The predicted molar refractivity (Wildman–Crippen MR) is 82.4 cm³/mol. The number of rotatable bonds is 5. The van der Waals surface area contributed by atoms with Gasteiger partial charge in [-0.3, -0.25) is 13.9 Å². The topological polar surface area (TPSA) is 81.3 Å². The van der Waals surface area contributed by atoms with Gasteiger partial charge in [0.15, 0.2) is 0 Å². The zero-order valence-corrected chi connectivity index (χ0v) is 12.6. The lowest BCUT2D eigenvalue weighted by Crippen LogP contribution is -2.39. The van der Waals surface area contributed by atoms with Crippen LogP contribution in [-0.2, 0) is 20.0 Å². The maximum Gasteiger partial charge on any atom is 0.335 e. The molecular weight excluding hydrogens is 284 g/mol. The number of hydrogen-bond acceptors (Lipinski definition) is 3. The van der Waals surface area contributed by atoms with E-state index in [1.165, 1.54) is 25.2 Å². The van der Waals surface area contributed by atoms with Crippen molar-refractivity contribution in [2.24, 2.45) is 7.05 Å². The fraction of sp³-hybridized carbons (Fsp3) is 0.312. The maximum absolute atomic E-state index is 12.3. The van der Waals surface area contributed by atoms with Crippen LogP contribution in [0.4, 0.5) is 0 Å². The molecule has 0 atom stereocenters. The summed E-state index contributed by atoms with van der Waals surface area (Å²) in [7, 11) is 1.45. The number of nitrogens with zero attached hydrogens (tertiary/aromatic N) is 2. The van der Waals surface area contributed by atoms with Crippen molar-refractivity contribution in [3.63, 3.8) is 0 Å². The summed E-state index contributed by atoms with van der Waals surface area (Å²) >= 11 is 0. The van der Waals surface area contributed by atoms with Gasteiger partial charge in [0, 0.05) is 18.8 Å². The quantitative estimate of drug-likeness (QED) is 0.901. The number of carboxylic acids is 1. The van der Waals surface area contributed by atoms with Crippen LogP contribution in [0.3, 0.4) is 0 Å². The number of aryl methyl sites for hydroxylation is 1. The molecule has 1 heterocycles. The predicted octanol–water partition coefficient (Wildman–Crippen LogP) is 1.25. The number of aromatic nitrogens is 2. The second-order valence-corrected chi connectivity index (χ2v) is 5.15. The van der Waals surface area contributed by atoms with Gasteiger partial charge < -0.3 is 5.11 Å². The molecule has 0 saturated heterocycles. The molecule has 6 heteroatoms. The lowest BCUT2D eigenvalue weighted by Gasteiger charge is -2.13. The Morgan fingerprint density at radius 1 is 1.18 bits per heavy atom. The van der Waals surface area contributed by atoms with Crippen LogP contribution in [0.2, 0.25) is 0 Å². The van der Waals surface area contributed by atoms with E-state index in [9.17, 15) is 14.4 Å². The third-order valence-corrected chi connectivity index (χ3v) is 3.53. The summed E-state index contributed by atoms with van der Waals surface area (Å²) in [5, 5.41) is 8.90. The van der Waals surface area contributed by atoms with Crippen LogP contribution in [0, 0.1) is 0 Å². The molecule has 0 saturated carbocycles. The summed E-state index contributed by atoms with van der Waals surface area (Å²) in [6.45, 7) is 2.29. The van der Waals surface area contributed by atoms with Crippen LogP contribution in [0.25, 0.3) is 0 Å². The SMILES string of the molecule is CCCc1cc(=O)n(C)c(=O)n1Cc1ccc(C(=O)O)cc1. The monoisotopic (exact) mass is 302 g/mol. The zero-order chi connectivity index (χ0) is 16.3. The first kappa shape index (κ1) is 15.8. The normalized spacial score (nSPS) is 10.6. The Kier molecular flexibility index (Phi) is 4.60. The van der Waals surface area contributed by atoms with E-state index in [-0.39, 0.29) is 16.8 Å². The molecule has 0 bridgehead atoms. The molecule has 1 aromatic heterocycles. The third-order valence-electron chi connectivity index (χ3n) is 3.53. The highest BCUT2D eigenvalue weighted by Crippen LogP contribution is 2.08. The number of hydrogen-bond donors (Lipinski definition) is 1. The number of aromatic carboxylic acids is 1. The van der Waals surface area contributed by atoms with Gasteiger partial charge in [0.05, 0.1) is 12.1 Å². The molecule has 0 aliphatic heterocycles. The highest BCUT2D eigenvalue weighted by atomic mass is 16.4. The summed E-state index contributed by atoms with van der Waals surface area (Å²) in [5.41, 5.74) is 1.02. The van der Waals surface area contributed by atoms with Crippen molar-refractivity contribution in [2.45, 2.75) is 26.3 Å².